The van der Waals surface area contributed by atoms with Gasteiger partial charge in [0.2, 0.25) is 0 Å². The predicted octanol–water partition coefficient (Wildman–Crippen LogP) is 2.65. The third-order valence-corrected chi connectivity index (χ3v) is 3.01. The number of alkyl halides is 3. The van der Waals surface area contributed by atoms with E-state index in [0.29, 0.717) is 5.82 Å². The van der Waals surface area contributed by atoms with Crippen molar-refractivity contribution >= 4 is 5.82 Å². The zero-order chi connectivity index (χ0) is 13.0. The van der Waals surface area contributed by atoms with E-state index in [1.54, 1.807) is 0 Å². The van der Waals surface area contributed by atoms with E-state index in [0.717, 1.165) is 44.5 Å². The lowest BCUT2D eigenvalue weighted by Crippen LogP contribution is -2.22. The molecule has 0 bridgehead atoms. The second-order valence-electron chi connectivity index (χ2n) is 4.45. The van der Waals surface area contributed by atoms with Gasteiger partial charge in [0.25, 0.3) is 0 Å². The van der Waals surface area contributed by atoms with Crippen molar-refractivity contribution in [3.63, 3.8) is 0 Å². The van der Waals surface area contributed by atoms with E-state index in [1.807, 2.05) is 0 Å². The molecule has 2 heterocycles. The molecular weight excluding hydrogens is 243 g/mol. The molecule has 1 saturated heterocycles. The number of rotatable bonds is 2. The highest BCUT2D eigenvalue weighted by Gasteiger charge is 2.30. The van der Waals surface area contributed by atoms with Gasteiger partial charge in [-0.2, -0.15) is 13.2 Å². The number of halogens is 3. The van der Waals surface area contributed by atoms with Gasteiger partial charge >= 0.3 is 6.18 Å². The Labute approximate surface area is 104 Å². The summed E-state index contributed by atoms with van der Waals surface area (Å²) < 4.78 is 37.6. The van der Waals surface area contributed by atoms with E-state index in [2.05, 4.69) is 15.6 Å². The fraction of sp³-hybridized carbons (Fsp3) is 0.583. The number of anilines is 1. The van der Waals surface area contributed by atoms with Gasteiger partial charge in [-0.15, -0.1) is 0 Å². The number of hydrogen-bond acceptors (Lipinski definition) is 3. The Morgan fingerprint density at radius 1 is 1.28 bits per heavy atom. The molecule has 1 aromatic rings. The standard InChI is InChI=1S/C12H16F3N3/c13-12(14,15)9-3-7-17-11(8-9)18-10-2-1-5-16-6-4-10/h3,7-8,10,16H,1-2,4-6H2,(H,17,18). The number of pyridine rings is 1. The average Bonchev–Trinajstić information content (AvgIpc) is 2.57. The molecule has 0 spiro atoms. The van der Waals surface area contributed by atoms with Gasteiger partial charge in [-0.05, 0) is 44.5 Å². The van der Waals surface area contributed by atoms with Crippen LogP contribution in [0.2, 0.25) is 0 Å². The maximum absolute atomic E-state index is 12.5. The Balaban J connectivity index is 2.04. The van der Waals surface area contributed by atoms with Crippen molar-refractivity contribution < 1.29 is 13.2 Å². The van der Waals surface area contributed by atoms with Crippen molar-refractivity contribution in [3.8, 4) is 0 Å². The van der Waals surface area contributed by atoms with Crippen LogP contribution in [0.5, 0.6) is 0 Å². The van der Waals surface area contributed by atoms with Crippen LogP contribution >= 0.6 is 0 Å². The molecule has 0 aromatic carbocycles. The van der Waals surface area contributed by atoms with Crippen LogP contribution in [-0.4, -0.2) is 24.1 Å². The first-order chi connectivity index (χ1) is 8.55. The highest BCUT2D eigenvalue weighted by molar-refractivity contribution is 5.39. The third-order valence-electron chi connectivity index (χ3n) is 3.01. The lowest BCUT2D eigenvalue weighted by atomic mass is 10.1. The van der Waals surface area contributed by atoms with Crippen LogP contribution in [0.25, 0.3) is 0 Å². The summed E-state index contributed by atoms with van der Waals surface area (Å²) in [5, 5.41) is 6.34. The molecule has 1 atom stereocenters. The molecule has 6 heteroatoms. The van der Waals surface area contributed by atoms with Gasteiger partial charge in [-0.25, -0.2) is 4.98 Å². The second-order valence-corrected chi connectivity index (χ2v) is 4.45. The minimum atomic E-state index is -4.32. The smallest absolute Gasteiger partial charge is 0.367 e. The van der Waals surface area contributed by atoms with E-state index in [-0.39, 0.29) is 6.04 Å². The quantitative estimate of drug-likeness (QED) is 0.857. The highest BCUT2D eigenvalue weighted by Crippen LogP contribution is 2.30. The van der Waals surface area contributed by atoms with E-state index < -0.39 is 11.7 Å². The summed E-state index contributed by atoms with van der Waals surface area (Å²) in [6.07, 6.45) is -0.246. The molecule has 3 nitrogen and oxygen atoms in total. The molecule has 1 unspecified atom stereocenters. The van der Waals surface area contributed by atoms with Gasteiger partial charge in [0.05, 0.1) is 5.56 Å². The zero-order valence-corrected chi connectivity index (χ0v) is 9.93. The highest BCUT2D eigenvalue weighted by atomic mass is 19.4. The monoisotopic (exact) mass is 259 g/mol. The summed E-state index contributed by atoms with van der Waals surface area (Å²) in [5.41, 5.74) is -0.660. The van der Waals surface area contributed by atoms with E-state index in [9.17, 15) is 13.2 Å². The molecule has 2 N–H and O–H groups in total. The Hall–Kier alpha value is -1.30. The summed E-state index contributed by atoms with van der Waals surface area (Å²) in [6.45, 7) is 1.85. The number of aromatic nitrogens is 1. The summed E-state index contributed by atoms with van der Waals surface area (Å²) in [4.78, 5) is 3.95. The van der Waals surface area contributed by atoms with Crippen LogP contribution < -0.4 is 10.6 Å². The van der Waals surface area contributed by atoms with Gasteiger partial charge in [-0.3, -0.25) is 0 Å². The SMILES string of the molecule is FC(F)(F)c1ccnc(NC2CCCNCC2)c1. The van der Waals surface area contributed by atoms with Crippen LogP contribution in [0.3, 0.4) is 0 Å². The number of nitrogens with zero attached hydrogens (tertiary/aromatic N) is 1. The minimum absolute atomic E-state index is 0.191. The van der Waals surface area contributed by atoms with Crippen molar-refractivity contribution in [2.24, 2.45) is 0 Å². The van der Waals surface area contributed by atoms with Gasteiger partial charge < -0.3 is 10.6 Å². The molecule has 1 aromatic heterocycles. The summed E-state index contributed by atoms with van der Waals surface area (Å²) >= 11 is 0. The zero-order valence-electron chi connectivity index (χ0n) is 9.93. The lowest BCUT2D eigenvalue weighted by molar-refractivity contribution is -0.137. The maximum Gasteiger partial charge on any atom is 0.416 e. The van der Waals surface area contributed by atoms with Gasteiger partial charge in [0, 0.05) is 12.2 Å². The summed E-state index contributed by atoms with van der Waals surface area (Å²) in [5.74, 6) is 0.303. The van der Waals surface area contributed by atoms with Crippen molar-refractivity contribution in [3.05, 3.63) is 23.9 Å². The Morgan fingerprint density at radius 2 is 2.11 bits per heavy atom. The molecule has 1 fully saturated rings. The molecule has 0 saturated carbocycles. The maximum atomic E-state index is 12.5. The fourth-order valence-corrected chi connectivity index (χ4v) is 2.06. The summed E-state index contributed by atoms with van der Waals surface area (Å²) in [6, 6.07) is 2.24. The third kappa shape index (κ3) is 3.60. The predicted molar refractivity (Wildman–Crippen MR) is 63.4 cm³/mol. The molecular formula is C12H16F3N3. The van der Waals surface area contributed by atoms with Crippen molar-refractivity contribution in [2.75, 3.05) is 18.4 Å². The largest absolute Gasteiger partial charge is 0.416 e. The van der Waals surface area contributed by atoms with Gasteiger partial charge in [0.15, 0.2) is 0 Å². The Morgan fingerprint density at radius 3 is 2.89 bits per heavy atom. The van der Waals surface area contributed by atoms with Gasteiger partial charge in [0.1, 0.15) is 5.82 Å². The Kier molecular flexibility index (Phi) is 4.06. The van der Waals surface area contributed by atoms with Crippen LogP contribution in [0.4, 0.5) is 19.0 Å². The van der Waals surface area contributed by atoms with Crippen molar-refractivity contribution in [1.29, 1.82) is 0 Å². The molecule has 0 amide bonds. The molecule has 18 heavy (non-hydrogen) atoms. The van der Waals surface area contributed by atoms with E-state index in [1.165, 1.54) is 6.20 Å². The lowest BCUT2D eigenvalue weighted by Gasteiger charge is -2.17. The van der Waals surface area contributed by atoms with Crippen molar-refractivity contribution in [2.45, 2.75) is 31.5 Å². The molecule has 1 aliphatic rings. The molecule has 0 radical (unpaired) electrons. The van der Waals surface area contributed by atoms with E-state index in [4.69, 9.17) is 0 Å². The summed E-state index contributed by atoms with van der Waals surface area (Å²) in [7, 11) is 0. The first-order valence-corrected chi connectivity index (χ1v) is 6.06. The Bertz CT molecular complexity index is 384. The normalized spacial score (nSPS) is 21.4. The van der Waals surface area contributed by atoms with Crippen LogP contribution in [-0.2, 0) is 6.18 Å². The molecule has 1 aliphatic heterocycles. The van der Waals surface area contributed by atoms with Crippen LogP contribution in [0.1, 0.15) is 24.8 Å². The number of nitrogens with one attached hydrogen (secondary N) is 2. The molecule has 100 valence electrons. The average molecular weight is 259 g/mol. The number of hydrogen-bond donors (Lipinski definition) is 2. The van der Waals surface area contributed by atoms with E-state index >= 15 is 0 Å². The second kappa shape index (κ2) is 5.56. The molecule has 2 rings (SSSR count). The first-order valence-electron chi connectivity index (χ1n) is 6.06. The minimum Gasteiger partial charge on any atom is -0.367 e. The molecule has 0 aliphatic carbocycles. The topological polar surface area (TPSA) is 37.0 Å². The van der Waals surface area contributed by atoms with Crippen LogP contribution in [0.15, 0.2) is 18.3 Å². The van der Waals surface area contributed by atoms with Crippen molar-refractivity contribution in [1.82, 2.24) is 10.3 Å². The van der Waals surface area contributed by atoms with Gasteiger partial charge in [-0.1, -0.05) is 0 Å². The van der Waals surface area contributed by atoms with Crippen LogP contribution in [0, 0.1) is 0 Å². The fourth-order valence-electron chi connectivity index (χ4n) is 2.06. The first kappa shape index (κ1) is 13.1.